The van der Waals surface area contributed by atoms with Crippen LogP contribution < -0.4 is 0 Å². The Morgan fingerprint density at radius 2 is 1.58 bits per heavy atom. The molecule has 0 radical (unpaired) electrons. The summed E-state index contributed by atoms with van der Waals surface area (Å²) < 4.78 is 14.5. The standard InChI is InChI=1S/C16H15BrClF/c1-10(2)11-6-8-12(9-7-11)15(18)13-4-3-5-14(17)16(13)19/h3-10,15H,1-2H3. The average Bonchev–Trinajstić information content (AvgIpc) is 2.41. The smallest absolute Gasteiger partial charge is 0.142 e. The van der Waals surface area contributed by atoms with E-state index >= 15 is 0 Å². The van der Waals surface area contributed by atoms with Crippen molar-refractivity contribution in [2.24, 2.45) is 0 Å². The molecule has 1 unspecified atom stereocenters. The molecule has 0 aliphatic heterocycles. The molecule has 0 nitrogen and oxygen atoms in total. The molecule has 1 atom stereocenters. The van der Waals surface area contributed by atoms with Crippen LogP contribution in [0.5, 0.6) is 0 Å². The molecule has 0 aromatic heterocycles. The zero-order chi connectivity index (χ0) is 14.0. The van der Waals surface area contributed by atoms with Gasteiger partial charge in [0.15, 0.2) is 0 Å². The summed E-state index contributed by atoms with van der Waals surface area (Å²) in [5.41, 5.74) is 2.65. The van der Waals surface area contributed by atoms with E-state index in [0.717, 1.165) is 5.56 Å². The maximum Gasteiger partial charge on any atom is 0.142 e. The van der Waals surface area contributed by atoms with E-state index in [-0.39, 0.29) is 5.82 Å². The fraction of sp³-hybridized carbons (Fsp3) is 0.250. The number of hydrogen-bond donors (Lipinski definition) is 0. The molecule has 2 rings (SSSR count). The van der Waals surface area contributed by atoms with Gasteiger partial charge in [0.2, 0.25) is 0 Å². The zero-order valence-corrected chi connectivity index (χ0v) is 13.2. The molecule has 3 heteroatoms. The maximum atomic E-state index is 14.0. The van der Waals surface area contributed by atoms with Crippen molar-refractivity contribution in [1.29, 1.82) is 0 Å². The van der Waals surface area contributed by atoms with Crippen molar-refractivity contribution in [2.75, 3.05) is 0 Å². The molecule has 19 heavy (non-hydrogen) atoms. The molecular weight excluding hydrogens is 327 g/mol. The fourth-order valence-electron chi connectivity index (χ4n) is 1.95. The van der Waals surface area contributed by atoms with Gasteiger partial charge in [0.05, 0.1) is 9.85 Å². The minimum Gasteiger partial charge on any atom is -0.205 e. The van der Waals surface area contributed by atoms with Crippen molar-refractivity contribution in [2.45, 2.75) is 25.1 Å². The summed E-state index contributed by atoms with van der Waals surface area (Å²) in [6, 6.07) is 13.2. The Morgan fingerprint density at radius 3 is 2.16 bits per heavy atom. The van der Waals surface area contributed by atoms with Crippen molar-refractivity contribution in [3.05, 3.63) is 69.4 Å². The summed E-state index contributed by atoms with van der Waals surface area (Å²) in [6.45, 7) is 4.28. The first-order valence-corrected chi connectivity index (χ1v) is 7.41. The lowest BCUT2D eigenvalue weighted by Gasteiger charge is -2.13. The van der Waals surface area contributed by atoms with Crippen LogP contribution in [-0.4, -0.2) is 0 Å². The summed E-state index contributed by atoms with van der Waals surface area (Å²) in [7, 11) is 0. The van der Waals surface area contributed by atoms with Gasteiger partial charge in [-0.1, -0.05) is 50.2 Å². The van der Waals surface area contributed by atoms with Gasteiger partial charge in [-0.2, -0.15) is 0 Å². The van der Waals surface area contributed by atoms with E-state index in [9.17, 15) is 4.39 Å². The number of hydrogen-bond acceptors (Lipinski definition) is 0. The van der Waals surface area contributed by atoms with E-state index in [4.69, 9.17) is 11.6 Å². The van der Waals surface area contributed by atoms with Gasteiger partial charge in [-0.05, 0) is 39.0 Å². The summed E-state index contributed by atoms with van der Waals surface area (Å²) >= 11 is 9.56. The lowest BCUT2D eigenvalue weighted by Crippen LogP contribution is -1.98. The second-order valence-electron chi connectivity index (χ2n) is 4.83. The van der Waals surface area contributed by atoms with Crippen LogP contribution in [-0.2, 0) is 0 Å². The monoisotopic (exact) mass is 340 g/mol. The summed E-state index contributed by atoms with van der Waals surface area (Å²) in [5, 5.41) is -0.473. The van der Waals surface area contributed by atoms with E-state index in [2.05, 4.69) is 29.8 Å². The Labute approximate surface area is 126 Å². The second kappa shape index (κ2) is 6.06. The first kappa shape index (κ1) is 14.5. The van der Waals surface area contributed by atoms with Crippen LogP contribution in [0, 0.1) is 5.82 Å². The average molecular weight is 342 g/mol. The van der Waals surface area contributed by atoms with E-state index in [0.29, 0.717) is 16.0 Å². The highest BCUT2D eigenvalue weighted by molar-refractivity contribution is 9.10. The number of halogens is 3. The van der Waals surface area contributed by atoms with E-state index in [1.807, 2.05) is 24.3 Å². The molecular formula is C16H15BrClF. The van der Waals surface area contributed by atoms with Gasteiger partial charge in [-0.3, -0.25) is 0 Å². The van der Waals surface area contributed by atoms with Crippen molar-refractivity contribution in [3.63, 3.8) is 0 Å². The topological polar surface area (TPSA) is 0 Å². The lowest BCUT2D eigenvalue weighted by atomic mass is 9.98. The van der Waals surface area contributed by atoms with Crippen molar-refractivity contribution < 1.29 is 4.39 Å². The van der Waals surface area contributed by atoms with Crippen LogP contribution in [0.4, 0.5) is 4.39 Å². The third-order valence-corrected chi connectivity index (χ3v) is 4.25. The molecule has 0 heterocycles. The predicted molar refractivity (Wildman–Crippen MR) is 82.3 cm³/mol. The highest BCUT2D eigenvalue weighted by Gasteiger charge is 2.16. The minimum absolute atomic E-state index is 0.296. The van der Waals surface area contributed by atoms with Crippen LogP contribution in [0.3, 0.4) is 0 Å². The molecule has 0 amide bonds. The molecule has 0 aliphatic rings. The summed E-state index contributed by atoms with van der Waals surface area (Å²) in [5.74, 6) is 0.181. The van der Waals surface area contributed by atoms with Crippen molar-refractivity contribution in [1.82, 2.24) is 0 Å². The number of benzene rings is 2. The van der Waals surface area contributed by atoms with Crippen molar-refractivity contribution >= 4 is 27.5 Å². The fourth-order valence-corrected chi connectivity index (χ4v) is 2.64. The third-order valence-electron chi connectivity index (χ3n) is 3.15. The molecule has 100 valence electrons. The Balaban J connectivity index is 2.33. The first-order chi connectivity index (χ1) is 9.00. The molecule has 0 saturated carbocycles. The molecule has 2 aromatic rings. The van der Waals surface area contributed by atoms with Gasteiger partial charge in [0.25, 0.3) is 0 Å². The highest BCUT2D eigenvalue weighted by Crippen LogP contribution is 2.33. The lowest BCUT2D eigenvalue weighted by molar-refractivity contribution is 0.605. The largest absolute Gasteiger partial charge is 0.205 e. The SMILES string of the molecule is CC(C)c1ccc(C(Cl)c2cccc(Br)c2F)cc1. The van der Waals surface area contributed by atoms with Crippen LogP contribution in [0.25, 0.3) is 0 Å². The van der Waals surface area contributed by atoms with Gasteiger partial charge in [-0.25, -0.2) is 4.39 Å². The molecule has 0 spiro atoms. The first-order valence-electron chi connectivity index (χ1n) is 6.18. The van der Waals surface area contributed by atoms with E-state index in [1.165, 1.54) is 5.56 Å². The molecule has 2 aromatic carbocycles. The molecule has 0 bridgehead atoms. The van der Waals surface area contributed by atoms with Gasteiger partial charge < -0.3 is 0 Å². The Morgan fingerprint density at radius 1 is 1.00 bits per heavy atom. The summed E-state index contributed by atoms with van der Waals surface area (Å²) in [6.07, 6.45) is 0. The quantitative estimate of drug-likeness (QED) is 0.597. The van der Waals surface area contributed by atoms with E-state index in [1.54, 1.807) is 18.2 Å². The minimum atomic E-state index is -0.473. The van der Waals surface area contributed by atoms with Crippen LogP contribution in [0.2, 0.25) is 0 Å². The predicted octanol–water partition coefficient (Wildman–Crippen LogP) is 6.04. The molecule has 0 fully saturated rings. The highest BCUT2D eigenvalue weighted by atomic mass is 79.9. The van der Waals surface area contributed by atoms with Gasteiger partial charge in [0.1, 0.15) is 5.82 Å². The van der Waals surface area contributed by atoms with Crippen LogP contribution in [0.1, 0.15) is 41.8 Å². The van der Waals surface area contributed by atoms with Crippen LogP contribution in [0.15, 0.2) is 46.9 Å². The van der Waals surface area contributed by atoms with E-state index < -0.39 is 5.38 Å². The number of rotatable bonds is 3. The maximum absolute atomic E-state index is 14.0. The molecule has 0 aliphatic carbocycles. The van der Waals surface area contributed by atoms with Gasteiger partial charge in [-0.15, -0.1) is 11.6 Å². The normalized spacial score (nSPS) is 12.7. The van der Waals surface area contributed by atoms with Gasteiger partial charge >= 0.3 is 0 Å². The van der Waals surface area contributed by atoms with Crippen LogP contribution >= 0.6 is 27.5 Å². The Kier molecular flexibility index (Phi) is 4.64. The van der Waals surface area contributed by atoms with Gasteiger partial charge in [0, 0.05) is 5.56 Å². The van der Waals surface area contributed by atoms with Crippen molar-refractivity contribution in [3.8, 4) is 0 Å². The summed E-state index contributed by atoms with van der Waals surface area (Å²) in [4.78, 5) is 0. The Hall–Kier alpha value is -0.860. The number of alkyl halides is 1. The second-order valence-corrected chi connectivity index (χ2v) is 6.12. The third kappa shape index (κ3) is 3.18. The molecule has 0 N–H and O–H groups in total. The zero-order valence-electron chi connectivity index (χ0n) is 10.8. The molecule has 0 saturated heterocycles. The Bertz CT molecular complexity index is 563.